The first kappa shape index (κ1) is 17.6. The molecule has 0 saturated heterocycles. The molecule has 5 rings (SSSR count). The van der Waals surface area contributed by atoms with Crippen LogP contribution in [0.1, 0.15) is 57.8 Å². The number of allylic oxidation sites excluding steroid dienone is 2. The Bertz CT molecular complexity index is 592. The van der Waals surface area contributed by atoms with Gasteiger partial charge in [0.25, 0.3) is 5.91 Å². The molecule has 5 aliphatic rings. The Morgan fingerprint density at radius 1 is 1.00 bits per heavy atom. The van der Waals surface area contributed by atoms with E-state index in [9.17, 15) is 14.4 Å². The van der Waals surface area contributed by atoms with E-state index in [2.05, 4.69) is 10.6 Å². The molecule has 6 heteroatoms. The average Bonchev–Trinajstić information content (AvgIpc) is 2.58. The van der Waals surface area contributed by atoms with Gasteiger partial charge >= 0.3 is 12.0 Å². The maximum absolute atomic E-state index is 12.3. The topological polar surface area (TPSA) is 84.5 Å². The van der Waals surface area contributed by atoms with Gasteiger partial charge in [-0.1, -0.05) is 12.2 Å². The molecule has 0 radical (unpaired) electrons. The van der Waals surface area contributed by atoms with Crippen LogP contribution in [-0.4, -0.2) is 30.1 Å². The van der Waals surface area contributed by atoms with Gasteiger partial charge in [0, 0.05) is 5.54 Å². The van der Waals surface area contributed by atoms with Crippen molar-refractivity contribution < 1.29 is 19.1 Å². The molecular formula is C20H28N2O4. The Morgan fingerprint density at radius 2 is 1.65 bits per heavy atom. The minimum Gasteiger partial charge on any atom is -0.455 e. The molecular weight excluding hydrogens is 332 g/mol. The van der Waals surface area contributed by atoms with E-state index in [1.165, 1.54) is 19.3 Å². The molecule has 0 spiro atoms. The number of nitrogens with one attached hydrogen (secondary N) is 2. The molecule has 6 nitrogen and oxygen atoms in total. The van der Waals surface area contributed by atoms with Crippen LogP contribution in [0.25, 0.3) is 0 Å². The van der Waals surface area contributed by atoms with Crippen molar-refractivity contribution in [2.24, 2.45) is 23.7 Å². The second kappa shape index (κ2) is 7.05. The van der Waals surface area contributed by atoms with Gasteiger partial charge in [0.05, 0.1) is 5.92 Å². The van der Waals surface area contributed by atoms with Gasteiger partial charge in [0.15, 0.2) is 6.61 Å². The van der Waals surface area contributed by atoms with Gasteiger partial charge in [-0.2, -0.15) is 0 Å². The van der Waals surface area contributed by atoms with E-state index >= 15 is 0 Å². The molecule has 0 aromatic carbocycles. The van der Waals surface area contributed by atoms with E-state index in [0.29, 0.717) is 6.42 Å². The third-order valence-electron chi connectivity index (χ3n) is 6.62. The summed E-state index contributed by atoms with van der Waals surface area (Å²) in [4.78, 5) is 36.2. The van der Waals surface area contributed by atoms with Crippen molar-refractivity contribution in [2.45, 2.75) is 63.3 Å². The van der Waals surface area contributed by atoms with Crippen LogP contribution in [0.4, 0.5) is 4.79 Å². The lowest BCUT2D eigenvalue weighted by Gasteiger charge is -2.56. The summed E-state index contributed by atoms with van der Waals surface area (Å²) in [5.41, 5.74) is -0.135. The van der Waals surface area contributed by atoms with Gasteiger partial charge < -0.3 is 10.1 Å². The van der Waals surface area contributed by atoms with Crippen LogP contribution in [0.2, 0.25) is 0 Å². The maximum atomic E-state index is 12.3. The molecule has 0 aromatic rings. The summed E-state index contributed by atoms with van der Waals surface area (Å²) in [6, 6.07) is -0.450. The fraction of sp³-hybridized carbons (Fsp3) is 0.750. The molecule has 0 heterocycles. The number of amides is 3. The summed E-state index contributed by atoms with van der Waals surface area (Å²) < 4.78 is 5.07. The third kappa shape index (κ3) is 3.79. The van der Waals surface area contributed by atoms with E-state index in [-0.39, 0.29) is 17.4 Å². The normalized spacial score (nSPS) is 37.2. The van der Waals surface area contributed by atoms with Crippen molar-refractivity contribution >= 4 is 17.9 Å². The van der Waals surface area contributed by atoms with E-state index < -0.39 is 18.5 Å². The van der Waals surface area contributed by atoms with Crippen LogP contribution in [0.5, 0.6) is 0 Å². The molecule has 4 fully saturated rings. The predicted octanol–water partition coefficient (Wildman–Crippen LogP) is 2.68. The number of carbonyl (C=O) groups excluding carboxylic acids is 3. The Balaban J connectivity index is 1.23. The highest BCUT2D eigenvalue weighted by Crippen LogP contribution is 2.55. The molecule has 4 bridgehead atoms. The number of urea groups is 1. The Labute approximate surface area is 154 Å². The first-order chi connectivity index (χ1) is 12.5. The maximum Gasteiger partial charge on any atom is 0.321 e. The molecule has 5 aliphatic carbocycles. The van der Waals surface area contributed by atoms with Crippen LogP contribution < -0.4 is 10.6 Å². The molecule has 1 atom stereocenters. The lowest BCUT2D eigenvalue weighted by Crippen LogP contribution is -2.62. The van der Waals surface area contributed by atoms with E-state index in [0.717, 1.165) is 49.9 Å². The molecule has 142 valence electrons. The fourth-order valence-corrected chi connectivity index (χ4v) is 5.96. The lowest BCUT2D eigenvalue weighted by atomic mass is 9.53. The second-order valence-corrected chi connectivity index (χ2v) is 8.79. The number of ether oxygens (including phenoxy) is 1. The van der Waals surface area contributed by atoms with Gasteiger partial charge in [-0.15, -0.1) is 0 Å². The Hall–Kier alpha value is -1.85. The summed E-state index contributed by atoms with van der Waals surface area (Å²) >= 11 is 0. The summed E-state index contributed by atoms with van der Waals surface area (Å²) in [6.07, 6.45) is 13.3. The number of hydrogen-bond acceptors (Lipinski definition) is 4. The number of rotatable bonds is 4. The number of imide groups is 1. The van der Waals surface area contributed by atoms with Crippen LogP contribution in [0.3, 0.4) is 0 Å². The van der Waals surface area contributed by atoms with Crippen molar-refractivity contribution in [3.05, 3.63) is 12.2 Å². The van der Waals surface area contributed by atoms with Crippen molar-refractivity contribution in [3.8, 4) is 0 Å². The van der Waals surface area contributed by atoms with Gasteiger partial charge in [-0.3, -0.25) is 14.9 Å². The summed E-state index contributed by atoms with van der Waals surface area (Å²) in [5, 5.41) is 5.42. The van der Waals surface area contributed by atoms with Crippen molar-refractivity contribution in [3.63, 3.8) is 0 Å². The molecule has 0 aliphatic heterocycles. The summed E-state index contributed by atoms with van der Waals surface area (Å²) in [7, 11) is 0. The van der Waals surface area contributed by atoms with Crippen LogP contribution in [-0.2, 0) is 14.3 Å². The first-order valence-corrected chi connectivity index (χ1v) is 9.95. The zero-order chi connectivity index (χ0) is 18.1. The molecule has 0 unspecified atom stereocenters. The minimum absolute atomic E-state index is 0.135. The predicted molar refractivity (Wildman–Crippen MR) is 95.0 cm³/mol. The first-order valence-electron chi connectivity index (χ1n) is 9.95. The SMILES string of the molecule is O=C(COC(=O)[C@H]1CC=CCC1)NC(=O)NC12CC3CC(CC(C3)C1)C2. The lowest BCUT2D eigenvalue weighted by molar-refractivity contribution is -0.152. The number of carbonyl (C=O) groups is 3. The van der Waals surface area contributed by atoms with Gasteiger partial charge in [-0.25, -0.2) is 4.79 Å². The van der Waals surface area contributed by atoms with Crippen molar-refractivity contribution in [1.82, 2.24) is 10.6 Å². The number of esters is 1. The summed E-state index contributed by atoms with van der Waals surface area (Å²) in [5.74, 6) is 1.08. The molecule has 0 aromatic heterocycles. The monoisotopic (exact) mass is 360 g/mol. The van der Waals surface area contributed by atoms with E-state index in [4.69, 9.17) is 4.74 Å². The van der Waals surface area contributed by atoms with Crippen molar-refractivity contribution in [1.29, 1.82) is 0 Å². The summed E-state index contributed by atoms with van der Waals surface area (Å²) in [6.45, 7) is -0.395. The quantitative estimate of drug-likeness (QED) is 0.596. The molecule has 4 saturated carbocycles. The largest absolute Gasteiger partial charge is 0.455 e. The number of hydrogen-bond donors (Lipinski definition) is 2. The highest BCUT2D eigenvalue weighted by atomic mass is 16.5. The van der Waals surface area contributed by atoms with Gasteiger partial charge in [0.2, 0.25) is 0 Å². The average molecular weight is 360 g/mol. The van der Waals surface area contributed by atoms with E-state index in [1.807, 2.05) is 12.2 Å². The van der Waals surface area contributed by atoms with Crippen molar-refractivity contribution in [2.75, 3.05) is 6.61 Å². The third-order valence-corrected chi connectivity index (χ3v) is 6.62. The van der Waals surface area contributed by atoms with E-state index in [1.54, 1.807) is 0 Å². The standard InChI is InChI=1S/C20H28N2O4/c23-17(12-26-18(24)16-4-2-1-3-5-16)21-19(25)22-20-9-13-6-14(10-20)8-15(7-13)11-20/h1-2,13-16H,3-12H2,(H2,21,22,23,25)/t13?,14?,15?,16-,20?/m0/s1. The highest BCUT2D eigenvalue weighted by Gasteiger charge is 2.51. The Morgan fingerprint density at radius 3 is 2.23 bits per heavy atom. The highest BCUT2D eigenvalue weighted by molar-refractivity contribution is 5.95. The zero-order valence-corrected chi connectivity index (χ0v) is 15.2. The smallest absolute Gasteiger partial charge is 0.321 e. The Kier molecular flexibility index (Phi) is 4.76. The fourth-order valence-electron chi connectivity index (χ4n) is 5.96. The van der Waals surface area contributed by atoms with Gasteiger partial charge in [-0.05, 0) is 75.5 Å². The van der Waals surface area contributed by atoms with Crippen LogP contribution in [0, 0.1) is 23.7 Å². The molecule has 3 amide bonds. The second-order valence-electron chi connectivity index (χ2n) is 8.79. The van der Waals surface area contributed by atoms with Gasteiger partial charge in [0.1, 0.15) is 0 Å². The zero-order valence-electron chi connectivity index (χ0n) is 15.2. The van der Waals surface area contributed by atoms with Crippen LogP contribution in [0.15, 0.2) is 12.2 Å². The minimum atomic E-state index is -0.563. The molecule has 2 N–H and O–H groups in total. The molecule has 26 heavy (non-hydrogen) atoms. The van der Waals surface area contributed by atoms with Crippen LogP contribution >= 0.6 is 0 Å².